The molecular formula is C16H15ClFNO2. The van der Waals surface area contributed by atoms with Gasteiger partial charge in [-0.3, -0.25) is 4.79 Å². The van der Waals surface area contributed by atoms with Crippen LogP contribution in [-0.4, -0.2) is 17.6 Å². The topological polar surface area (TPSA) is 49.3 Å². The van der Waals surface area contributed by atoms with Gasteiger partial charge in [0.1, 0.15) is 5.82 Å². The number of benzene rings is 2. The number of rotatable bonds is 5. The molecule has 5 heteroatoms. The lowest BCUT2D eigenvalue weighted by molar-refractivity contribution is 0.102. The van der Waals surface area contributed by atoms with Gasteiger partial charge in [-0.15, -0.1) is 0 Å². The fourth-order valence-corrected chi connectivity index (χ4v) is 2.18. The number of aliphatic hydroxyl groups excluding tert-OH is 1. The summed E-state index contributed by atoms with van der Waals surface area (Å²) in [5.74, 6) is -1.08. The molecule has 2 aromatic rings. The van der Waals surface area contributed by atoms with Crippen LogP contribution < -0.4 is 5.32 Å². The molecule has 0 atom stereocenters. The molecule has 0 saturated heterocycles. The summed E-state index contributed by atoms with van der Waals surface area (Å²) in [6, 6.07) is 11.4. The van der Waals surface area contributed by atoms with E-state index >= 15 is 0 Å². The molecule has 0 aliphatic rings. The first-order valence-electron chi connectivity index (χ1n) is 6.57. The average molecular weight is 308 g/mol. The highest BCUT2D eigenvalue weighted by Crippen LogP contribution is 2.21. The van der Waals surface area contributed by atoms with Gasteiger partial charge >= 0.3 is 0 Å². The lowest BCUT2D eigenvalue weighted by Crippen LogP contribution is -2.13. The molecule has 0 bridgehead atoms. The Morgan fingerprint density at radius 1 is 1.24 bits per heavy atom. The van der Waals surface area contributed by atoms with Gasteiger partial charge in [-0.25, -0.2) is 4.39 Å². The molecular weight excluding hydrogens is 293 g/mol. The minimum atomic E-state index is -0.624. The van der Waals surface area contributed by atoms with Crippen molar-refractivity contribution in [1.29, 1.82) is 0 Å². The number of hydrogen-bond acceptors (Lipinski definition) is 2. The van der Waals surface area contributed by atoms with Gasteiger partial charge < -0.3 is 10.4 Å². The van der Waals surface area contributed by atoms with E-state index in [9.17, 15) is 9.18 Å². The number of carbonyl (C=O) groups excluding carboxylic acids is 1. The number of aryl methyl sites for hydroxylation is 1. The first kappa shape index (κ1) is 15.5. The standard InChI is InChI=1S/C16H15ClFNO2/c17-15-13(7-2-8-14(15)18)16(21)19-12-6-1-4-11(10-12)5-3-9-20/h1-2,4,6-8,10,20H,3,5,9H2,(H,19,21). The van der Waals surface area contributed by atoms with Gasteiger partial charge in [-0.05, 0) is 42.7 Å². The number of halogens is 2. The van der Waals surface area contributed by atoms with E-state index in [-0.39, 0.29) is 17.2 Å². The summed E-state index contributed by atoms with van der Waals surface area (Å²) >= 11 is 5.79. The Labute approximate surface area is 127 Å². The molecule has 0 aliphatic heterocycles. The fraction of sp³-hybridized carbons (Fsp3) is 0.188. The SMILES string of the molecule is O=C(Nc1cccc(CCCO)c1)c1cccc(F)c1Cl. The summed E-state index contributed by atoms with van der Waals surface area (Å²) in [7, 11) is 0. The Morgan fingerprint density at radius 2 is 2.00 bits per heavy atom. The number of nitrogens with one attached hydrogen (secondary N) is 1. The van der Waals surface area contributed by atoms with E-state index in [1.54, 1.807) is 6.07 Å². The first-order chi connectivity index (χ1) is 10.1. The fourth-order valence-electron chi connectivity index (χ4n) is 1.97. The quantitative estimate of drug-likeness (QED) is 0.885. The number of amides is 1. The van der Waals surface area contributed by atoms with Crippen molar-refractivity contribution in [3.05, 3.63) is 64.4 Å². The van der Waals surface area contributed by atoms with Crippen molar-refractivity contribution in [1.82, 2.24) is 0 Å². The van der Waals surface area contributed by atoms with Crippen molar-refractivity contribution in [3.63, 3.8) is 0 Å². The third-order valence-corrected chi connectivity index (χ3v) is 3.39. The maximum absolute atomic E-state index is 13.3. The summed E-state index contributed by atoms with van der Waals surface area (Å²) in [5, 5.41) is 11.3. The van der Waals surface area contributed by atoms with E-state index in [1.165, 1.54) is 18.2 Å². The Hall–Kier alpha value is -1.91. The lowest BCUT2D eigenvalue weighted by atomic mass is 10.1. The normalized spacial score (nSPS) is 10.4. The summed E-state index contributed by atoms with van der Waals surface area (Å²) in [6.45, 7) is 0.121. The van der Waals surface area contributed by atoms with Crippen LogP contribution in [0.25, 0.3) is 0 Å². The maximum atomic E-state index is 13.3. The molecule has 0 heterocycles. The molecule has 0 aromatic heterocycles. The zero-order valence-corrected chi connectivity index (χ0v) is 12.0. The molecule has 0 aliphatic carbocycles. The summed E-state index contributed by atoms with van der Waals surface area (Å²) in [4.78, 5) is 12.1. The van der Waals surface area contributed by atoms with Crippen LogP contribution >= 0.6 is 11.6 Å². The summed E-state index contributed by atoms with van der Waals surface area (Å²) in [5.41, 5.74) is 1.71. The van der Waals surface area contributed by atoms with Crippen LogP contribution in [0.1, 0.15) is 22.3 Å². The van der Waals surface area contributed by atoms with Crippen molar-refractivity contribution < 1.29 is 14.3 Å². The van der Waals surface area contributed by atoms with Gasteiger partial charge in [0.25, 0.3) is 5.91 Å². The van der Waals surface area contributed by atoms with Gasteiger partial charge in [0.15, 0.2) is 0 Å². The maximum Gasteiger partial charge on any atom is 0.257 e. The Kier molecular flexibility index (Phi) is 5.31. The number of aliphatic hydroxyl groups is 1. The number of hydrogen-bond donors (Lipinski definition) is 2. The largest absolute Gasteiger partial charge is 0.396 e. The van der Waals surface area contributed by atoms with E-state index in [4.69, 9.17) is 16.7 Å². The van der Waals surface area contributed by atoms with Gasteiger partial charge in [0.2, 0.25) is 0 Å². The Morgan fingerprint density at radius 3 is 2.76 bits per heavy atom. The van der Waals surface area contributed by atoms with Crippen LogP contribution in [0, 0.1) is 5.82 Å². The molecule has 0 saturated carbocycles. The van der Waals surface area contributed by atoms with Crippen molar-refractivity contribution >= 4 is 23.2 Å². The molecule has 1 amide bonds. The van der Waals surface area contributed by atoms with Crippen LogP contribution in [0.3, 0.4) is 0 Å². The molecule has 2 aromatic carbocycles. The third-order valence-electron chi connectivity index (χ3n) is 3.00. The summed E-state index contributed by atoms with van der Waals surface area (Å²) in [6.07, 6.45) is 1.38. The zero-order valence-electron chi connectivity index (χ0n) is 11.3. The highest BCUT2D eigenvalue weighted by atomic mass is 35.5. The molecule has 0 spiro atoms. The Balaban J connectivity index is 2.14. The number of anilines is 1. The number of carbonyl (C=O) groups is 1. The summed E-state index contributed by atoms with van der Waals surface area (Å²) < 4.78 is 13.3. The second kappa shape index (κ2) is 7.20. The Bertz CT molecular complexity index is 646. The third kappa shape index (κ3) is 4.03. The minimum absolute atomic E-state index is 0.0948. The van der Waals surface area contributed by atoms with Gasteiger partial charge in [0.05, 0.1) is 10.6 Å². The smallest absolute Gasteiger partial charge is 0.257 e. The monoisotopic (exact) mass is 307 g/mol. The van der Waals surface area contributed by atoms with E-state index in [0.717, 1.165) is 12.0 Å². The van der Waals surface area contributed by atoms with Gasteiger partial charge in [0, 0.05) is 12.3 Å². The van der Waals surface area contributed by atoms with Crippen LogP contribution in [0.4, 0.5) is 10.1 Å². The molecule has 0 fully saturated rings. The van der Waals surface area contributed by atoms with Crippen molar-refractivity contribution in [2.45, 2.75) is 12.8 Å². The predicted octanol–water partition coefficient (Wildman–Crippen LogP) is 3.66. The van der Waals surface area contributed by atoms with Crippen LogP contribution in [0.5, 0.6) is 0 Å². The van der Waals surface area contributed by atoms with Crippen LogP contribution in [0.15, 0.2) is 42.5 Å². The van der Waals surface area contributed by atoms with Crippen molar-refractivity contribution in [2.24, 2.45) is 0 Å². The van der Waals surface area contributed by atoms with Gasteiger partial charge in [-0.1, -0.05) is 29.8 Å². The highest BCUT2D eigenvalue weighted by molar-refractivity contribution is 6.34. The average Bonchev–Trinajstić information content (AvgIpc) is 2.48. The second-order valence-electron chi connectivity index (χ2n) is 4.58. The molecule has 110 valence electrons. The predicted molar refractivity (Wildman–Crippen MR) is 81.2 cm³/mol. The second-order valence-corrected chi connectivity index (χ2v) is 4.96. The first-order valence-corrected chi connectivity index (χ1v) is 6.95. The van der Waals surface area contributed by atoms with Crippen molar-refractivity contribution in [2.75, 3.05) is 11.9 Å². The van der Waals surface area contributed by atoms with E-state index in [0.29, 0.717) is 12.1 Å². The van der Waals surface area contributed by atoms with E-state index in [2.05, 4.69) is 5.32 Å². The van der Waals surface area contributed by atoms with Crippen molar-refractivity contribution in [3.8, 4) is 0 Å². The zero-order chi connectivity index (χ0) is 15.2. The highest BCUT2D eigenvalue weighted by Gasteiger charge is 2.13. The van der Waals surface area contributed by atoms with Crippen LogP contribution in [0.2, 0.25) is 5.02 Å². The molecule has 2 rings (SSSR count). The molecule has 3 nitrogen and oxygen atoms in total. The van der Waals surface area contributed by atoms with E-state index < -0.39 is 11.7 Å². The molecule has 0 radical (unpaired) electrons. The van der Waals surface area contributed by atoms with Crippen LogP contribution in [-0.2, 0) is 6.42 Å². The van der Waals surface area contributed by atoms with E-state index in [1.807, 2.05) is 18.2 Å². The lowest BCUT2D eigenvalue weighted by Gasteiger charge is -2.08. The van der Waals surface area contributed by atoms with Gasteiger partial charge in [-0.2, -0.15) is 0 Å². The molecule has 0 unspecified atom stereocenters. The molecule has 2 N–H and O–H groups in total. The molecule has 21 heavy (non-hydrogen) atoms. The minimum Gasteiger partial charge on any atom is -0.396 e.